The van der Waals surface area contributed by atoms with Crippen LogP contribution >= 0.6 is 0 Å². The summed E-state index contributed by atoms with van der Waals surface area (Å²) in [4.78, 5) is 15.9. The zero-order valence-electron chi connectivity index (χ0n) is 10.6. The minimum atomic E-state index is -0.569. The summed E-state index contributed by atoms with van der Waals surface area (Å²) in [6, 6.07) is 9.24. The zero-order valence-corrected chi connectivity index (χ0v) is 10.6. The molecule has 0 bridgehead atoms. The Hall–Kier alpha value is -2.69. The van der Waals surface area contributed by atoms with E-state index in [9.17, 15) is 9.18 Å². The van der Waals surface area contributed by atoms with Gasteiger partial charge in [-0.2, -0.15) is 0 Å². The van der Waals surface area contributed by atoms with Crippen molar-refractivity contribution in [2.75, 3.05) is 7.11 Å². The Morgan fingerprint density at radius 1 is 1.30 bits per heavy atom. The second kappa shape index (κ2) is 4.77. The Balaban J connectivity index is 2.27. The Labute approximate surface area is 113 Å². The van der Waals surface area contributed by atoms with Gasteiger partial charge in [-0.15, -0.1) is 0 Å². The fourth-order valence-electron chi connectivity index (χ4n) is 2.03. The minimum absolute atomic E-state index is 0.120. The highest BCUT2D eigenvalue weighted by Crippen LogP contribution is 2.29. The van der Waals surface area contributed by atoms with Crippen LogP contribution in [0.5, 0.6) is 0 Å². The van der Waals surface area contributed by atoms with Crippen molar-refractivity contribution < 1.29 is 18.3 Å². The van der Waals surface area contributed by atoms with Gasteiger partial charge in [0.15, 0.2) is 5.69 Å². The number of esters is 1. The molecule has 0 saturated heterocycles. The molecule has 0 aliphatic carbocycles. The molecule has 0 atom stereocenters. The average molecular weight is 271 g/mol. The number of furan rings is 1. The summed E-state index contributed by atoms with van der Waals surface area (Å²) < 4.78 is 23.3. The molecule has 0 aliphatic heterocycles. The van der Waals surface area contributed by atoms with Gasteiger partial charge in [-0.25, -0.2) is 14.2 Å². The van der Waals surface area contributed by atoms with Crippen molar-refractivity contribution in [3.8, 4) is 11.3 Å². The van der Waals surface area contributed by atoms with Gasteiger partial charge in [0.2, 0.25) is 0 Å². The van der Waals surface area contributed by atoms with E-state index in [2.05, 4.69) is 9.72 Å². The van der Waals surface area contributed by atoms with E-state index in [1.54, 1.807) is 18.2 Å². The van der Waals surface area contributed by atoms with Crippen LogP contribution in [0.1, 0.15) is 10.5 Å². The van der Waals surface area contributed by atoms with Gasteiger partial charge in [-0.1, -0.05) is 12.1 Å². The van der Waals surface area contributed by atoms with Crippen LogP contribution in [0.2, 0.25) is 0 Å². The van der Waals surface area contributed by atoms with E-state index >= 15 is 0 Å². The number of rotatable bonds is 2. The van der Waals surface area contributed by atoms with E-state index < -0.39 is 5.97 Å². The minimum Gasteiger partial charge on any atom is -0.464 e. The van der Waals surface area contributed by atoms with E-state index in [1.807, 2.05) is 0 Å². The number of nitrogens with zero attached hydrogens (tertiary/aromatic N) is 1. The molecule has 0 unspecified atom stereocenters. The number of hydrogen-bond donors (Lipinski definition) is 0. The lowest BCUT2D eigenvalue weighted by Gasteiger charge is -2.05. The fraction of sp³-hybridized carbons (Fsp3) is 0.0667. The van der Waals surface area contributed by atoms with Crippen molar-refractivity contribution in [1.82, 2.24) is 4.98 Å². The van der Waals surface area contributed by atoms with E-state index in [-0.39, 0.29) is 11.5 Å². The molecule has 2 aromatic heterocycles. The normalized spacial score (nSPS) is 10.7. The molecular weight excluding hydrogens is 261 g/mol. The molecule has 20 heavy (non-hydrogen) atoms. The van der Waals surface area contributed by atoms with Gasteiger partial charge in [-0.3, -0.25) is 0 Å². The number of carbonyl (C=O) groups excluding carboxylic acids is 1. The Morgan fingerprint density at radius 2 is 2.15 bits per heavy atom. The molecule has 0 N–H and O–H groups in total. The summed E-state index contributed by atoms with van der Waals surface area (Å²) in [5.74, 6) is -0.939. The molecule has 4 nitrogen and oxygen atoms in total. The first kappa shape index (κ1) is 12.3. The lowest BCUT2D eigenvalue weighted by molar-refractivity contribution is 0.0594. The maximum absolute atomic E-state index is 13.4. The number of pyridine rings is 1. The lowest BCUT2D eigenvalue weighted by Crippen LogP contribution is -2.05. The smallest absolute Gasteiger partial charge is 0.356 e. The van der Waals surface area contributed by atoms with Gasteiger partial charge in [0.25, 0.3) is 0 Å². The average Bonchev–Trinajstić information content (AvgIpc) is 2.93. The highest BCUT2D eigenvalue weighted by molar-refractivity contribution is 5.97. The van der Waals surface area contributed by atoms with Gasteiger partial charge in [0, 0.05) is 17.0 Å². The topological polar surface area (TPSA) is 52.3 Å². The van der Waals surface area contributed by atoms with Gasteiger partial charge >= 0.3 is 5.97 Å². The maximum atomic E-state index is 13.4. The Kier molecular flexibility index (Phi) is 2.95. The van der Waals surface area contributed by atoms with Gasteiger partial charge in [-0.05, 0) is 18.2 Å². The van der Waals surface area contributed by atoms with Crippen molar-refractivity contribution in [1.29, 1.82) is 0 Å². The molecule has 5 heteroatoms. The molecule has 0 saturated carbocycles. The molecule has 0 amide bonds. The van der Waals surface area contributed by atoms with Crippen LogP contribution in [0.15, 0.2) is 47.1 Å². The van der Waals surface area contributed by atoms with Crippen molar-refractivity contribution in [3.63, 3.8) is 0 Å². The first-order valence-corrected chi connectivity index (χ1v) is 5.91. The number of hydrogen-bond acceptors (Lipinski definition) is 4. The number of halogens is 1. The molecule has 3 rings (SSSR count). The first-order valence-electron chi connectivity index (χ1n) is 5.91. The zero-order chi connectivity index (χ0) is 14.1. The predicted octanol–water partition coefficient (Wildman–Crippen LogP) is 3.42. The van der Waals surface area contributed by atoms with Crippen molar-refractivity contribution in [3.05, 3.63) is 54.2 Å². The van der Waals surface area contributed by atoms with Crippen LogP contribution in [0.4, 0.5) is 4.39 Å². The summed E-state index contributed by atoms with van der Waals surface area (Å²) in [6.45, 7) is 0. The molecule has 2 heterocycles. The van der Waals surface area contributed by atoms with E-state index in [0.717, 1.165) is 0 Å². The summed E-state index contributed by atoms with van der Waals surface area (Å²) >= 11 is 0. The number of ether oxygens (including phenoxy) is 1. The number of aromatic nitrogens is 1. The third-order valence-electron chi connectivity index (χ3n) is 2.94. The predicted molar refractivity (Wildman–Crippen MR) is 70.7 cm³/mol. The third-order valence-corrected chi connectivity index (χ3v) is 2.94. The molecule has 0 radical (unpaired) electrons. The second-order valence-corrected chi connectivity index (χ2v) is 4.19. The number of methoxy groups -OCH3 is 1. The van der Waals surface area contributed by atoms with E-state index in [1.165, 1.54) is 31.6 Å². The van der Waals surface area contributed by atoms with Crippen LogP contribution in [-0.2, 0) is 4.74 Å². The number of carbonyl (C=O) groups is 1. The SMILES string of the molecule is COC(=O)c1cc2occc2c(-c2cccc(F)c2)n1. The molecule has 1 aromatic carbocycles. The molecule has 100 valence electrons. The Morgan fingerprint density at radius 3 is 2.90 bits per heavy atom. The molecule has 0 spiro atoms. The largest absolute Gasteiger partial charge is 0.464 e. The lowest BCUT2D eigenvalue weighted by atomic mass is 10.1. The van der Waals surface area contributed by atoms with Crippen LogP contribution in [0, 0.1) is 5.82 Å². The molecule has 0 aliphatic rings. The molecule has 3 aromatic rings. The first-order chi connectivity index (χ1) is 9.69. The van der Waals surface area contributed by atoms with Gasteiger partial charge in [0.05, 0.1) is 19.1 Å². The van der Waals surface area contributed by atoms with Crippen LogP contribution in [0.25, 0.3) is 22.2 Å². The number of benzene rings is 1. The van der Waals surface area contributed by atoms with Gasteiger partial charge in [0.1, 0.15) is 11.4 Å². The highest BCUT2D eigenvalue weighted by Gasteiger charge is 2.15. The van der Waals surface area contributed by atoms with Crippen molar-refractivity contribution in [2.45, 2.75) is 0 Å². The van der Waals surface area contributed by atoms with E-state index in [4.69, 9.17) is 4.42 Å². The monoisotopic (exact) mass is 271 g/mol. The number of fused-ring (bicyclic) bond motifs is 1. The standard InChI is InChI=1S/C15H10FNO3/c1-19-15(18)12-8-13-11(5-6-20-13)14(17-12)9-3-2-4-10(16)7-9/h2-8H,1H3. The summed E-state index contributed by atoms with van der Waals surface area (Å²) in [5, 5.41) is 0.711. The van der Waals surface area contributed by atoms with Crippen molar-refractivity contribution in [2.24, 2.45) is 0 Å². The van der Waals surface area contributed by atoms with Crippen LogP contribution < -0.4 is 0 Å². The summed E-state index contributed by atoms with van der Waals surface area (Å²) in [7, 11) is 1.28. The van der Waals surface area contributed by atoms with Gasteiger partial charge < -0.3 is 9.15 Å². The van der Waals surface area contributed by atoms with Crippen molar-refractivity contribution >= 4 is 16.9 Å². The maximum Gasteiger partial charge on any atom is 0.356 e. The second-order valence-electron chi connectivity index (χ2n) is 4.19. The molecular formula is C15H10FNO3. The summed E-state index contributed by atoms with van der Waals surface area (Å²) in [5.41, 5.74) is 1.67. The quantitative estimate of drug-likeness (QED) is 0.670. The summed E-state index contributed by atoms with van der Waals surface area (Å²) in [6.07, 6.45) is 1.50. The van der Waals surface area contributed by atoms with Crippen LogP contribution in [0.3, 0.4) is 0 Å². The fourth-order valence-corrected chi connectivity index (χ4v) is 2.03. The van der Waals surface area contributed by atoms with Crippen LogP contribution in [-0.4, -0.2) is 18.1 Å². The van der Waals surface area contributed by atoms with E-state index in [0.29, 0.717) is 22.2 Å². The highest BCUT2D eigenvalue weighted by atomic mass is 19.1. The third kappa shape index (κ3) is 2.03. The Bertz CT molecular complexity index is 795. The molecule has 0 fully saturated rings.